The minimum atomic E-state index is -0.488. The van der Waals surface area contributed by atoms with Crippen LogP contribution in [-0.2, 0) is 0 Å². The van der Waals surface area contributed by atoms with Crippen LogP contribution in [-0.4, -0.2) is 6.03 Å². The summed E-state index contributed by atoms with van der Waals surface area (Å²) in [5.74, 6) is 0. The molecule has 0 fully saturated rings. The van der Waals surface area contributed by atoms with Crippen LogP contribution in [0.15, 0.2) is 36.4 Å². The van der Waals surface area contributed by atoms with E-state index in [0.717, 1.165) is 0 Å². The van der Waals surface area contributed by atoms with Gasteiger partial charge in [-0.1, -0.05) is 52.5 Å². The van der Waals surface area contributed by atoms with E-state index in [1.807, 2.05) is 0 Å². The molecule has 0 radical (unpaired) electrons. The highest BCUT2D eigenvalue weighted by Gasteiger charge is 2.11. The number of benzene rings is 2. The fourth-order valence-corrected chi connectivity index (χ4v) is 2.61. The van der Waals surface area contributed by atoms with E-state index in [1.54, 1.807) is 24.3 Å². The van der Waals surface area contributed by atoms with Crippen LogP contribution in [0.3, 0.4) is 0 Å². The predicted molar refractivity (Wildman–Crippen MR) is 85.6 cm³/mol. The van der Waals surface area contributed by atoms with E-state index >= 15 is 0 Å². The maximum Gasteiger partial charge on any atom is 0.323 e. The highest BCUT2D eigenvalue weighted by molar-refractivity contribution is 6.42. The summed E-state index contributed by atoms with van der Waals surface area (Å²) in [6.45, 7) is 0. The van der Waals surface area contributed by atoms with Gasteiger partial charge in [0.15, 0.2) is 0 Å². The van der Waals surface area contributed by atoms with Crippen LogP contribution in [0.1, 0.15) is 0 Å². The Morgan fingerprint density at radius 1 is 0.850 bits per heavy atom. The number of carbonyl (C=O) groups excluding carboxylic acids is 1. The van der Waals surface area contributed by atoms with Gasteiger partial charge in [-0.25, -0.2) is 4.79 Å². The maximum atomic E-state index is 11.9. The van der Waals surface area contributed by atoms with Crippen molar-refractivity contribution in [1.82, 2.24) is 0 Å². The normalized spacial score (nSPS) is 10.2. The van der Waals surface area contributed by atoms with Crippen LogP contribution in [0.25, 0.3) is 0 Å². The van der Waals surface area contributed by atoms with Gasteiger partial charge < -0.3 is 10.6 Å². The zero-order valence-electron chi connectivity index (χ0n) is 9.88. The van der Waals surface area contributed by atoms with Crippen molar-refractivity contribution >= 4 is 63.8 Å². The minimum Gasteiger partial charge on any atom is -0.308 e. The van der Waals surface area contributed by atoms with Gasteiger partial charge in [-0.05, 0) is 30.3 Å². The number of amides is 2. The molecule has 3 nitrogen and oxygen atoms in total. The van der Waals surface area contributed by atoms with Crippen LogP contribution < -0.4 is 10.6 Å². The average Bonchev–Trinajstić information content (AvgIpc) is 2.33. The lowest BCUT2D eigenvalue weighted by molar-refractivity contribution is 0.262. The summed E-state index contributed by atoms with van der Waals surface area (Å²) in [6.07, 6.45) is 0. The summed E-state index contributed by atoms with van der Waals surface area (Å²) in [7, 11) is 0. The van der Waals surface area contributed by atoms with Gasteiger partial charge >= 0.3 is 6.03 Å². The standard InChI is InChI=1S/C13H8Cl4N2O/c14-7-2-1-3-9(4-7)18-13(20)19-12-10(16)5-8(15)6-11(12)17/h1-6H,(H2,18,19,20). The number of anilines is 2. The summed E-state index contributed by atoms with van der Waals surface area (Å²) < 4.78 is 0. The molecule has 20 heavy (non-hydrogen) atoms. The topological polar surface area (TPSA) is 41.1 Å². The van der Waals surface area contributed by atoms with E-state index in [2.05, 4.69) is 10.6 Å². The van der Waals surface area contributed by atoms with E-state index in [1.165, 1.54) is 12.1 Å². The van der Waals surface area contributed by atoms with Gasteiger partial charge in [0.1, 0.15) is 0 Å². The third-order valence-corrected chi connectivity index (χ3v) is 3.38. The second kappa shape index (κ2) is 6.55. The zero-order valence-corrected chi connectivity index (χ0v) is 12.9. The van der Waals surface area contributed by atoms with Crippen molar-refractivity contribution in [1.29, 1.82) is 0 Å². The average molecular weight is 350 g/mol. The Bertz CT molecular complexity index is 638. The van der Waals surface area contributed by atoms with E-state index in [4.69, 9.17) is 46.4 Å². The highest BCUT2D eigenvalue weighted by atomic mass is 35.5. The zero-order chi connectivity index (χ0) is 14.7. The van der Waals surface area contributed by atoms with Crippen LogP contribution in [0.5, 0.6) is 0 Å². The van der Waals surface area contributed by atoms with Gasteiger partial charge in [-0.15, -0.1) is 0 Å². The van der Waals surface area contributed by atoms with E-state index in [9.17, 15) is 4.79 Å². The molecular weight excluding hydrogens is 342 g/mol. The Morgan fingerprint density at radius 2 is 1.50 bits per heavy atom. The molecule has 0 unspecified atom stereocenters. The lowest BCUT2D eigenvalue weighted by Crippen LogP contribution is -2.19. The largest absolute Gasteiger partial charge is 0.323 e. The molecule has 0 aliphatic carbocycles. The monoisotopic (exact) mass is 348 g/mol. The van der Waals surface area contributed by atoms with Crippen LogP contribution in [0.2, 0.25) is 20.1 Å². The Labute approximate surface area is 135 Å². The molecule has 2 N–H and O–H groups in total. The third kappa shape index (κ3) is 3.93. The lowest BCUT2D eigenvalue weighted by Gasteiger charge is -2.11. The van der Waals surface area contributed by atoms with Gasteiger partial charge in [0.25, 0.3) is 0 Å². The van der Waals surface area contributed by atoms with Gasteiger partial charge in [0, 0.05) is 15.7 Å². The van der Waals surface area contributed by atoms with Gasteiger partial charge in [0.05, 0.1) is 15.7 Å². The summed E-state index contributed by atoms with van der Waals surface area (Å²) in [6, 6.07) is 9.24. The Morgan fingerprint density at radius 3 is 2.10 bits per heavy atom. The van der Waals surface area contributed by atoms with Crippen molar-refractivity contribution < 1.29 is 4.79 Å². The van der Waals surface area contributed by atoms with Crippen LogP contribution >= 0.6 is 46.4 Å². The molecule has 0 aromatic heterocycles. The molecule has 0 saturated heterocycles. The van der Waals surface area contributed by atoms with Crippen LogP contribution in [0.4, 0.5) is 16.2 Å². The lowest BCUT2D eigenvalue weighted by atomic mass is 10.3. The number of halogens is 4. The highest BCUT2D eigenvalue weighted by Crippen LogP contribution is 2.33. The van der Waals surface area contributed by atoms with E-state index < -0.39 is 6.03 Å². The van der Waals surface area contributed by atoms with Gasteiger partial charge in [-0.2, -0.15) is 0 Å². The molecule has 2 aromatic carbocycles. The quantitative estimate of drug-likeness (QED) is 0.691. The molecule has 104 valence electrons. The summed E-state index contributed by atoms with van der Waals surface area (Å²) in [5.41, 5.74) is 0.841. The molecule has 0 heterocycles. The van der Waals surface area contributed by atoms with Crippen molar-refractivity contribution in [3.63, 3.8) is 0 Å². The molecular formula is C13H8Cl4N2O. The Balaban J connectivity index is 2.13. The number of urea groups is 1. The van der Waals surface area contributed by atoms with Gasteiger partial charge in [0.2, 0.25) is 0 Å². The van der Waals surface area contributed by atoms with Crippen molar-refractivity contribution in [3.8, 4) is 0 Å². The van der Waals surface area contributed by atoms with Crippen LogP contribution in [0, 0.1) is 0 Å². The number of hydrogen-bond acceptors (Lipinski definition) is 1. The summed E-state index contributed by atoms with van der Waals surface area (Å²) in [5, 5.41) is 6.59. The Kier molecular flexibility index (Phi) is 5.00. The fraction of sp³-hybridized carbons (Fsp3) is 0. The molecule has 2 amide bonds. The molecule has 0 spiro atoms. The number of rotatable bonds is 2. The molecule has 0 saturated carbocycles. The smallest absolute Gasteiger partial charge is 0.308 e. The van der Waals surface area contributed by atoms with E-state index in [-0.39, 0.29) is 15.7 Å². The molecule has 7 heteroatoms. The van der Waals surface area contributed by atoms with E-state index in [0.29, 0.717) is 15.7 Å². The molecule has 2 aromatic rings. The number of hydrogen-bond donors (Lipinski definition) is 2. The second-order valence-corrected chi connectivity index (χ2v) is 5.52. The first-order chi connectivity index (χ1) is 9.45. The number of nitrogens with one attached hydrogen (secondary N) is 2. The third-order valence-electron chi connectivity index (χ3n) is 2.33. The SMILES string of the molecule is O=C(Nc1cccc(Cl)c1)Nc1c(Cl)cc(Cl)cc1Cl. The second-order valence-electron chi connectivity index (χ2n) is 3.83. The van der Waals surface area contributed by atoms with Crippen molar-refractivity contribution in [2.75, 3.05) is 10.6 Å². The molecule has 0 atom stereocenters. The molecule has 0 bridgehead atoms. The molecule has 0 aliphatic heterocycles. The summed E-state index contributed by atoms with van der Waals surface area (Å²) in [4.78, 5) is 11.9. The number of carbonyl (C=O) groups is 1. The van der Waals surface area contributed by atoms with Crippen molar-refractivity contribution in [2.24, 2.45) is 0 Å². The predicted octanol–water partition coefficient (Wildman–Crippen LogP) is 5.94. The van der Waals surface area contributed by atoms with Crippen molar-refractivity contribution in [3.05, 3.63) is 56.5 Å². The first kappa shape index (κ1) is 15.3. The minimum absolute atomic E-state index is 0.253. The fourth-order valence-electron chi connectivity index (χ4n) is 1.50. The van der Waals surface area contributed by atoms with Crippen molar-refractivity contribution in [2.45, 2.75) is 0 Å². The first-order valence-corrected chi connectivity index (χ1v) is 6.95. The molecule has 2 rings (SSSR count). The van der Waals surface area contributed by atoms with Gasteiger partial charge in [-0.3, -0.25) is 0 Å². The summed E-state index contributed by atoms with van der Waals surface area (Å²) >= 11 is 23.6. The Hall–Kier alpha value is -1.13. The molecule has 0 aliphatic rings. The first-order valence-electron chi connectivity index (χ1n) is 5.44. The maximum absolute atomic E-state index is 11.9.